The van der Waals surface area contributed by atoms with Gasteiger partial charge in [-0.1, -0.05) is 126 Å². The maximum absolute atomic E-state index is 13.5. The van der Waals surface area contributed by atoms with Crippen LogP contribution in [0.25, 0.3) is 45.0 Å². The molecule has 0 bridgehead atoms. The van der Waals surface area contributed by atoms with Gasteiger partial charge in [0.2, 0.25) is 0 Å². The smallest absolute Gasteiger partial charge is 0.358 e. The minimum absolute atomic E-state index is 0.144. The number of amides is 1. The van der Waals surface area contributed by atoms with Crippen molar-refractivity contribution in [3.63, 3.8) is 0 Å². The molecule has 0 spiro atoms. The zero-order valence-electron chi connectivity index (χ0n) is 37.6. The SMILES string of the molecule is CCOC(=O)c1nc(-c2ccc(C)cc2)c(-c2ccc(C)cc2)nc1Cn1ncnn1.Cc1ccc(-c2nc(Cn3ncnn3)c(C(=O)NN3CCCCC3)nc2-c2ccc(C)cc2)cc1. The fourth-order valence-corrected chi connectivity index (χ4v) is 7.35. The molecule has 1 N–H and O–H groups in total. The molecule has 0 unspecified atom stereocenters. The predicted octanol–water partition coefficient (Wildman–Crippen LogP) is 7.23. The van der Waals surface area contributed by atoms with E-state index in [1.54, 1.807) is 6.92 Å². The van der Waals surface area contributed by atoms with Crippen molar-refractivity contribution in [3.8, 4) is 45.0 Å². The molecule has 334 valence electrons. The number of tetrazole rings is 2. The summed E-state index contributed by atoms with van der Waals surface area (Å²) in [7, 11) is 0. The first-order valence-electron chi connectivity index (χ1n) is 21.9. The Morgan fingerprint density at radius 1 is 0.530 bits per heavy atom. The molecule has 9 rings (SSSR count). The number of piperidine rings is 1. The third-order valence-electron chi connectivity index (χ3n) is 10.9. The summed E-state index contributed by atoms with van der Waals surface area (Å²) >= 11 is 0. The van der Waals surface area contributed by atoms with Crippen molar-refractivity contribution in [2.75, 3.05) is 19.7 Å². The molecule has 0 aliphatic carbocycles. The second kappa shape index (κ2) is 20.7. The van der Waals surface area contributed by atoms with E-state index >= 15 is 0 Å². The standard InChI is InChI=1S/C26H28N8O.C23H22N6O2/c1-18-6-10-20(11-7-18)23-24(21-12-8-19(2)9-13-21)30-25(22(29-23)16-34-28-17-27-32-34)26(35)31-33-14-4-3-5-15-33;1-4-31-23(30)22-19(13-29-25-14-24-28-29)26-20(17-9-5-15(2)6-10-17)21(27-22)18-11-7-16(3)8-12-18/h6-13,17H,3-5,14-16H2,1-2H3,(H,31,35);5-12,14H,4,13H2,1-3H3. The van der Waals surface area contributed by atoms with Gasteiger partial charge in [0.05, 0.1) is 40.8 Å². The minimum Gasteiger partial charge on any atom is -0.461 e. The molecule has 5 heterocycles. The first-order valence-corrected chi connectivity index (χ1v) is 21.9. The highest BCUT2D eigenvalue weighted by atomic mass is 16.5. The van der Waals surface area contributed by atoms with Crippen LogP contribution < -0.4 is 5.43 Å². The average Bonchev–Trinajstić information content (AvgIpc) is 4.06. The zero-order valence-corrected chi connectivity index (χ0v) is 37.6. The predicted molar refractivity (Wildman–Crippen MR) is 247 cm³/mol. The van der Waals surface area contributed by atoms with Crippen molar-refractivity contribution < 1.29 is 14.3 Å². The van der Waals surface area contributed by atoms with Crippen LogP contribution in [0.15, 0.2) is 110 Å². The second-order valence-corrected chi connectivity index (χ2v) is 16.0. The number of rotatable bonds is 12. The van der Waals surface area contributed by atoms with Gasteiger partial charge in [-0.25, -0.2) is 29.7 Å². The van der Waals surface area contributed by atoms with Gasteiger partial charge >= 0.3 is 5.97 Å². The lowest BCUT2D eigenvalue weighted by atomic mass is 10.0. The molecule has 1 aliphatic rings. The number of hydrazine groups is 1. The summed E-state index contributed by atoms with van der Waals surface area (Å²) in [5, 5.41) is 25.5. The monoisotopic (exact) mass is 882 g/mol. The number of nitrogens with zero attached hydrogens (tertiary/aromatic N) is 13. The first-order chi connectivity index (χ1) is 32.1. The summed E-state index contributed by atoms with van der Waals surface area (Å²) in [6, 6.07) is 32.3. The molecule has 1 amide bonds. The third kappa shape index (κ3) is 10.9. The van der Waals surface area contributed by atoms with Crippen LogP contribution in [0.1, 0.15) is 80.8 Å². The number of nitrogens with one attached hydrogen (secondary N) is 1. The van der Waals surface area contributed by atoms with Crippen LogP contribution in [0, 0.1) is 27.7 Å². The lowest BCUT2D eigenvalue weighted by Crippen LogP contribution is -2.45. The summed E-state index contributed by atoms with van der Waals surface area (Å²) in [5.74, 6) is -0.813. The largest absolute Gasteiger partial charge is 0.461 e. The normalized spacial score (nSPS) is 12.6. The molecule has 66 heavy (non-hydrogen) atoms. The number of aromatic nitrogens is 12. The molecule has 4 aromatic carbocycles. The maximum atomic E-state index is 13.5. The van der Waals surface area contributed by atoms with Gasteiger partial charge < -0.3 is 4.74 Å². The fourth-order valence-electron chi connectivity index (χ4n) is 7.35. The van der Waals surface area contributed by atoms with E-state index in [0.717, 1.165) is 70.4 Å². The van der Waals surface area contributed by atoms with Crippen molar-refractivity contribution in [1.29, 1.82) is 0 Å². The van der Waals surface area contributed by atoms with Gasteiger partial charge in [0.1, 0.15) is 13.1 Å². The number of carbonyl (C=O) groups excluding carboxylic acids is 2. The molecule has 0 atom stereocenters. The van der Waals surface area contributed by atoms with E-state index in [2.05, 4.69) is 36.2 Å². The fraction of sp³-hybridized carbons (Fsp3) is 0.265. The van der Waals surface area contributed by atoms with Gasteiger partial charge in [0.25, 0.3) is 5.91 Å². The maximum Gasteiger partial charge on any atom is 0.358 e. The second-order valence-electron chi connectivity index (χ2n) is 16.0. The van der Waals surface area contributed by atoms with E-state index in [0.29, 0.717) is 34.2 Å². The highest BCUT2D eigenvalue weighted by molar-refractivity contribution is 5.95. The summed E-state index contributed by atoms with van der Waals surface area (Å²) in [5.41, 5.74) is 15.2. The van der Waals surface area contributed by atoms with E-state index in [4.69, 9.17) is 24.7 Å². The Labute approximate surface area is 382 Å². The van der Waals surface area contributed by atoms with E-state index in [1.165, 1.54) is 28.7 Å². The van der Waals surface area contributed by atoms with Crippen LogP contribution in [0.3, 0.4) is 0 Å². The number of hydrogen-bond acceptors (Lipinski definition) is 14. The number of ether oxygens (including phenoxy) is 1. The van der Waals surface area contributed by atoms with Gasteiger partial charge in [-0.15, -0.1) is 20.4 Å². The first kappa shape index (κ1) is 44.7. The third-order valence-corrected chi connectivity index (χ3v) is 10.9. The molecule has 1 fully saturated rings. The van der Waals surface area contributed by atoms with Crippen LogP contribution in [0.4, 0.5) is 0 Å². The molecule has 0 saturated carbocycles. The summed E-state index contributed by atoms with van der Waals surface area (Å²) in [4.78, 5) is 48.5. The summed E-state index contributed by atoms with van der Waals surface area (Å²) in [6.07, 6.45) is 5.99. The van der Waals surface area contributed by atoms with Crippen molar-refractivity contribution in [2.24, 2.45) is 0 Å². The Hall–Kier alpha value is -7.92. The van der Waals surface area contributed by atoms with Crippen LogP contribution in [0.2, 0.25) is 0 Å². The summed E-state index contributed by atoms with van der Waals surface area (Å²) in [6.45, 7) is 12.1. The van der Waals surface area contributed by atoms with E-state index in [9.17, 15) is 9.59 Å². The lowest BCUT2D eigenvalue weighted by molar-refractivity contribution is 0.0517. The average molecular weight is 883 g/mol. The Morgan fingerprint density at radius 2 is 0.909 bits per heavy atom. The number of carbonyl (C=O) groups is 2. The molecular formula is C49H50N14O3. The van der Waals surface area contributed by atoms with Gasteiger partial charge in [-0.3, -0.25) is 10.2 Å². The highest BCUT2D eigenvalue weighted by Gasteiger charge is 2.25. The lowest BCUT2D eigenvalue weighted by Gasteiger charge is -2.27. The molecule has 17 nitrogen and oxygen atoms in total. The minimum atomic E-state index is -0.533. The topological polar surface area (TPSA) is 197 Å². The van der Waals surface area contributed by atoms with E-state index in [1.807, 2.05) is 130 Å². The van der Waals surface area contributed by atoms with Crippen molar-refractivity contribution in [1.82, 2.24) is 70.8 Å². The van der Waals surface area contributed by atoms with Crippen molar-refractivity contribution >= 4 is 11.9 Å². The highest BCUT2D eigenvalue weighted by Crippen LogP contribution is 2.33. The van der Waals surface area contributed by atoms with Gasteiger partial charge in [-0.2, -0.15) is 9.59 Å². The van der Waals surface area contributed by atoms with E-state index in [-0.39, 0.29) is 37.0 Å². The molecule has 8 aromatic rings. The molecular weight excluding hydrogens is 833 g/mol. The van der Waals surface area contributed by atoms with Gasteiger partial charge in [-0.05, 0) is 57.9 Å². The Morgan fingerprint density at radius 3 is 1.29 bits per heavy atom. The van der Waals surface area contributed by atoms with Crippen LogP contribution in [0.5, 0.6) is 0 Å². The van der Waals surface area contributed by atoms with Crippen molar-refractivity contribution in [3.05, 3.63) is 155 Å². The number of hydrogen-bond donors (Lipinski definition) is 1. The van der Waals surface area contributed by atoms with E-state index < -0.39 is 5.97 Å². The number of aryl methyl sites for hydroxylation is 4. The van der Waals surface area contributed by atoms with Crippen LogP contribution in [-0.2, 0) is 17.8 Å². The van der Waals surface area contributed by atoms with Crippen molar-refractivity contribution in [2.45, 2.75) is 67.0 Å². The summed E-state index contributed by atoms with van der Waals surface area (Å²) < 4.78 is 5.25. The number of benzene rings is 4. The molecule has 17 heteroatoms. The molecule has 4 aromatic heterocycles. The molecule has 1 aliphatic heterocycles. The Balaban J connectivity index is 0.000000181. The zero-order chi connectivity index (χ0) is 46.0. The Kier molecular flexibility index (Phi) is 14.0. The number of esters is 1. The molecule has 1 saturated heterocycles. The quantitative estimate of drug-likeness (QED) is 0.121. The van der Waals surface area contributed by atoms with Gasteiger partial charge in [0, 0.05) is 35.3 Å². The van der Waals surface area contributed by atoms with Crippen LogP contribution in [-0.4, -0.2) is 96.9 Å². The Bertz CT molecular complexity index is 2880. The van der Waals surface area contributed by atoms with Gasteiger partial charge in [0.15, 0.2) is 24.0 Å². The molecule has 0 radical (unpaired) electrons. The van der Waals surface area contributed by atoms with Crippen LogP contribution >= 0.6 is 0 Å².